The highest BCUT2D eigenvalue weighted by Crippen LogP contribution is 2.22. The van der Waals surface area contributed by atoms with Crippen LogP contribution in [0.3, 0.4) is 0 Å². The third-order valence-electron chi connectivity index (χ3n) is 2.96. The van der Waals surface area contributed by atoms with Crippen molar-refractivity contribution in [1.29, 1.82) is 0 Å². The molecule has 0 atom stereocenters. The molecule has 96 valence electrons. The van der Waals surface area contributed by atoms with Crippen LogP contribution in [0.15, 0.2) is 16.7 Å². The van der Waals surface area contributed by atoms with Gasteiger partial charge >= 0.3 is 0 Å². The van der Waals surface area contributed by atoms with Crippen LogP contribution >= 0.6 is 11.6 Å². The van der Waals surface area contributed by atoms with Crippen LogP contribution in [0, 0.1) is 6.92 Å². The van der Waals surface area contributed by atoms with Gasteiger partial charge in [-0.15, -0.1) is 0 Å². The second kappa shape index (κ2) is 4.98. The summed E-state index contributed by atoms with van der Waals surface area (Å²) < 4.78 is 6.92. The Hall–Kier alpha value is -1.55. The number of aryl methyl sites for hydroxylation is 3. The van der Waals surface area contributed by atoms with Crippen molar-refractivity contribution in [2.75, 3.05) is 0 Å². The van der Waals surface area contributed by atoms with E-state index in [4.69, 9.17) is 16.0 Å². The van der Waals surface area contributed by atoms with Crippen molar-refractivity contribution >= 4 is 17.4 Å². The number of Topliss-reactive ketones (excluding diaryl/α,β-unsaturated/α-hetero) is 1. The standard InChI is InChI=1S/C13H15ClN2O2/c1-4-12-9(5-6-18-12)11(17)7-10-13(14)8(2)15-16(10)3/h5-6H,4,7H2,1-3H3. The third kappa shape index (κ3) is 2.20. The van der Waals surface area contributed by atoms with E-state index in [9.17, 15) is 4.79 Å². The van der Waals surface area contributed by atoms with Crippen LogP contribution < -0.4 is 0 Å². The lowest BCUT2D eigenvalue weighted by Crippen LogP contribution is -2.09. The van der Waals surface area contributed by atoms with Gasteiger partial charge in [0.1, 0.15) is 5.76 Å². The van der Waals surface area contributed by atoms with Gasteiger partial charge in [-0.25, -0.2) is 0 Å². The molecule has 2 heterocycles. The maximum atomic E-state index is 12.2. The van der Waals surface area contributed by atoms with Crippen molar-refractivity contribution in [3.05, 3.63) is 40.1 Å². The SMILES string of the molecule is CCc1occc1C(=O)Cc1c(Cl)c(C)nn1C. The first-order valence-electron chi connectivity index (χ1n) is 5.82. The van der Waals surface area contributed by atoms with Crippen molar-refractivity contribution in [3.8, 4) is 0 Å². The molecular formula is C13H15ClN2O2. The van der Waals surface area contributed by atoms with Gasteiger partial charge in [0.25, 0.3) is 0 Å². The monoisotopic (exact) mass is 266 g/mol. The highest BCUT2D eigenvalue weighted by Gasteiger charge is 2.19. The molecule has 0 saturated heterocycles. The van der Waals surface area contributed by atoms with E-state index in [1.54, 1.807) is 24.1 Å². The molecule has 5 heteroatoms. The molecule has 0 aliphatic carbocycles. The highest BCUT2D eigenvalue weighted by molar-refractivity contribution is 6.32. The predicted molar refractivity (Wildman–Crippen MR) is 69.1 cm³/mol. The van der Waals surface area contributed by atoms with Crippen LogP contribution in [-0.2, 0) is 19.9 Å². The van der Waals surface area contributed by atoms with Gasteiger partial charge in [-0.05, 0) is 13.0 Å². The Morgan fingerprint density at radius 2 is 2.28 bits per heavy atom. The van der Waals surface area contributed by atoms with Crippen LogP contribution in [0.25, 0.3) is 0 Å². The van der Waals surface area contributed by atoms with Crippen molar-refractivity contribution in [1.82, 2.24) is 9.78 Å². The first-order valence-corrected chi connectivity index (χ1v) is 6.20. The third-order valence-corrected chi connectivity index (χ3v) is 3.45. The van der Waals surface area contributed by atoms with Crippen molar-refractivity contribution in [2.24, 2.45) is 7.05 Å². The Morgan fingerprint density at radius 3 is 2.83 bits per heavy atom. The average Bonchev–Trinajstić information content (AvgIpc) is 2.90. The number of carbonyl (C=O) groups is 1. The van der Waals surface area contributed by atoms with Gasteiger partial charge in [-0.1, -0.05) is 18.5 Å². The fourth-order valence-electron chi connectivity index (χ4n) is 1.98. The minimum absolute atomic E-state index is 0.00509. The van der Waals surface area contributed by atoms with Crippen LogP contribution in [-0.4, -0.2) is 15.6 Å². The Balaban J connectivity index is 2.27. The minimum atomic E-state index is 0.00509. The fourth-order valence-corrected chi connectivity index (χ4v) is 2.21. The predicted octanol–water partition coefficient (Wildman–Crippen LogP) is 2.96. The van der Waals surface area contributed by atoms with E-state index in [1.165, 1.54) is 0 Å². The van der Waals surface area contributed by atoms with Crippen LogP contribution in [0.2, 0.25) is 5.02 Å². The summed E-state index contributed by atoms with van der Waals surface area (Å²) in [7, 11) is 1.79. The molecule has 0 fully saturated rings. The Labute approximate surface area is 111 Å². The Morgan fingerprint density at radius 1 is 1.56 bits per heavy atom. The Kier molecular flexibility index (Phi) is 3.57. The number of furan rings is 1. The second-order valence-electron chi connectivity index (χ2n) is 4.18. The Bertz CT molecular complexity index is 584. The average molecular weight is 267 g/mol. The van der Waals surface area contributed by atoms with Gasteiger partial charge in [-0.2, -0.15) is 5.10 Å². The number of nitrogens with zero attached hydrogens (tertiary/aromatic N) is 2. The number of carbonyl (C=O) groups excluding carboxylic acids is 1. The van der Waals surface area contributed by atoms with E-state index in [-0.39, 0.29) is 12.2 Å². The second-order valence-corrected chi connectivity index (χ2v) is 4.56. The van der Waals surface area contributed by atoms with Crippen LogP contribution in [0.4, 0.5) is 0 Å². The molecule has 0 saturated carbocycles. The van der Waals surface area contributed by atoms with Crippen molar-refractivity contribution in [2.45, 2.75) is 26.7 Å². The van der Waals surface area contributed by atoms with Crippen LogP contribution in [0.5, 0.6) is 0 Å². The van der Waals surface area contributed by atoms with Gasteiger partial charge < -0.3 is 4.42 Å². The smallest absolute Gasteiger partial charge is 0.172 e. The zero-order chi connectivity index (χ0) is 13.3. The molecule has 0 radical (unpaired) electrons. The summed E-state index contributed by atoms with van der Waals surface area (Å²) in [5, 5.41) is 4.76. The van der Waals surface area contributed by atoms with Crippen LogP contribution in [0.1, 0.15) is 34.4 Å². The summed E-state index contributed by atoms with van der Waals surface area (Å²) in [6.45, 7) is 3.78. The molecule has 0 aliphatic rings. The maximum absolute atomic E-state index is 12.2. The molecule has 0 unspecified atom stereocenters. The van der Waals surface area contributed by atoms with Gasteiger partial charge in [0, 0.05) is 13.5 Å². The van der Waals surface area contributed by atoms with Crippen molar-refractivity contribution < 1.29 is 9.21 Å². The molecule has 0 aliphatic heterocycles. The lowest BCUT2D eigenvalue weighted by atomic mass is 10.1. The molecule has 0 spiro atoms. The lowest BCUT2D eigenvalue weighted by Gasteiger charge is -2.02. The molecule has 2 aromatic heterocycles. The van der Waals surface area contributed by atoms with E-state index < -0.39 is 0 Å². The number of aromatic nitrogens is 2. The molecule has 0 aromatic carbocycles. The summed E-state index contributed by atoms with van der Waals surface area (Å²) in [6.07, 6.45) is 2.48. The molecule has 2 aromatic rings. The number of halogens is 1. The number of hydrogen-bond acceptors (Lipinski definition) is 3. The highest BCUT2D eigenvalue weighted by atomic mass is 35.5. The van der Waals surface area contributed by atoms with Gasteiger partial charge in [0.05, 0.1) is 34.7 Å². The summed E-state index contributed by atoms with van der Waals surface area (Å²) >= 11 is 6.13. The summed E-state index contributed by atoms with van der Waals surface area (Å²) in [5.74, 6) is 0.723. The first-order chi connectivity index (χ1) is 8.54. The largest absolute Gasteiger partial charge is 0.469 e. The lowest BCUT2D eigenvalue weighted by molar-refractivity contribution is 0.0989. The van der Waals surface area contributed by atoms with Gasteiger partial charge in [-0.3, -0.25) is 9.48 Å². The number of hydrogen-bond donors (Lipinski definition) is 0. The minimum Gasteiger partial charge on any atom is -0.469 e. The molecule has 18 heavy (non-hydrogen) atoms. The van der Waals surface area contributed by atoms with E-state index in [0.717, 1.165) is 17.1 Å². The zero-order valence-electron chi connectivity index (χ0n) is 10.7. The normalized spacial score (nSPS) is 10.9. The molecule has 2 rings (SSSR count). The van der Waals surface area contributed by atoms with E-state index in [2.05, 4.69) is 5.10 Å². The maximum Gasteiger partial charge on any atom is 0.172 e. The topological polar surface area (TPSA) is 48.0 Å². The fraction of sp³-hybridized carbons (Fsp3) is 0.385. The van der Waals surface area contributed by atoms with E-state index >= 15 is 0 Å². The molecule has 0 bridgehead atoms. The molecule has 0 N–H and O–H groups in total. The van der Waals surface area contributed by atoms with E-state index in [1.807, 2.05) is 13.8 Å². The molecule has 4 nitrogen and oxygen atoms in total. The van der Waals surface area contributed by atoms with Gasteiger partial charge in [0.2, 0.25) is 0 Å². The molecular weight excluding hydrogens is 252 g/mol. The molecule has 0 amide bonds. The quantitative estimate of drug-likeness (QED) is 0.800. The van der Waals surface area contributed by atoms with Crippen molar-refractivity contribution in [3.63, 3.8) is 0 Å². The van der Waals surface area contributed by atoms with Gasteiger partial charge in [0.15, 0.2) is 5.78 Å². The zero-order valence-corrected chi connectivity index (χ0v) is 11.4. The summed E-state index contributed by atoms with van der Waals surface area (Å²) in [6, 6.07) is 1.71. The number of ketones is 1. The summed E-state index contributed by atoms with van der Waals surface area (Å²) in [4.78, 5) is 12.2. The van der Waals surface area contributed by atoms with E-state index in [0.29, 0.717) is 17.0 Å². The number of rotatable bonds is 4. The summed E-state index contributed by atoms with van der Waals surface area (Å²) in [5.41, 5.74) is 2.11. The first kappa shape index (κ1) is 12.9.